The number of nitrogens with zero attached hydrogens (tertiary/aromatic N) is 3. The zero-order chi connectivity index (χ0) is 22.5. The first kappa shape index (κ1) is 21.7. The Kier molecular flexibility index (Phi) is 6.61. The molecule has 2 N–H and O–H groups in total. The largest absolute Gasteiger partial charge is 0.310 e. The van der Waals surface area contributed by atoms with E-state index in [0.29, 0.717) is 23.6 Å². The minimum absolute atomic E-state index is 0.0828. The van der Waals surface area contributed by atoms with E-state index < -0.39 is 0 Å². The summed E-state index contributed by atoms with van der Waals surface area (Å²) in [7, 11) is 0. The number of hydrogen-bond donors (Lipinski definition) is 2. The Bertz CT molecular complexity index is 1240. The van der Waals surface area contributed by atoms with E-state index in [4.69, 9.17) is 0 Å². The summed E-state index contributed by atoms with van der Waals surface area (Å²) in [5, 5.41) is 9.54. The highest BCUT2D eigenvalue weighted by Gasteiger charge is 2.17. The average molecular weight is 448 g/mol. The molecule has 0 aliphatic heterocycles. The van der Waals surface area contributed by atoms with Gasteiger partial charge in [0.15, 0.2) is 0 Å². The number of thiophene rings is 1. The SMILES string of the molecule is CC(C)c1cc(=O)[nH]c(-n2nc(-c3cccs3)cc2NC(=O)CCCc2ccccc2)n1. The van der Waals surface area contributed by atoms with Crippen molar-refractivity contribution >= 4 is 23.1 Å². The van der Waals surface area contributed by atoms with Crippen LogP contribution in [0.5, 0.6) is 0 Å². The summed E-state index contributed by atoms with van der Waals surface area (Å²) in [5.74, 6) is 0.729. The van der Waals surface area contributed by atoms with Crippen LogP contribution in [0.3, 0.4) is 0 Å². The van der Waals surface area contributed by atoms with E-state index in [9.17, 15) is 9.59 Å². The van der Waals surface area contributed by atoms with Crippen molar-refractivity contribution < 1.29 is 4.79 Å². The van der Waals surface area contributed by atoms with Crippen LogP contribution in [0.1, 0.15) is 43.9 Å². The number of anilines is 1. The maximum atomic E-state index is 12.7. The maximum Gasteiger partial charge on any atom is 0.252 e. The lowest BCUT2D eigenvalue weighted by Gasteiger charge is -2.10. The molecule has 0 fully saturated rings. The van der Waals surface area contributed by atoms with E-state index in [-0.39, 0.29) is 23.3 Å². The second-order valence-corrected chi connectivity index (χ2v) is 8.79. The molecule has 0 aliphatic carbocycles. The van der Waals surface area contributed by atoms with Gasteiger partial charge >= 0.3 is 0 Å². The molecule has 0 spiro atoms. The first-order valence-corrected chi connectivity index (χ1v) is 11.5. The molecule has 1 aromatic carbocycles. The molecule has 3 heterocycles. The predicted molar refractivity (Wildman–Crippen MR) is 127 cm³/mol. The Balaban J connectivity index is 1.58. The highest BCUT2D eigenvalue weighted by Crippen LogP contribution is 2.27. The highest BCUT2D eigenvalue weighted by molar-refractivity contribution is 7.13. The molecule has 4 rings (SSSR count). The van der Waals surface area contributed by atoms with E-state index in [0.717, 1.165) is 17.7 Å². The summed E-state index contributed by atoms with van der Waals surface area (Å²) >= 11 is 1.55. The Morgan fingerprint density at radius 2 is 1.97 bits per heavy atom. The molecule has 0 aliphatic rings. The van der Waals surface area contributed by atoms with Crippen molar-refractivity contribution in [3.8, 4) is 16.5 Å². The number of amides is 1. The smallest absolute Gasteiger partial charge is 0.252 e. The number of carbonyl (C=O) groups is 1. The van der Waals surface area contributed by atoms with Gasteiger partial charge in [0.05, 0.1) is 10.6 Å². The van der Waals surface area contributed by atoms with Crippen molar-refractivity contribution in [2.75, 3.05) is 5.32 Å². The molecule has 0 radical (unpaired) electrons. The minimum Gasteiger partial charge on any atom is -0.310 e. The van der Waals surface area contributed by atoms with Gasteiger partial charge in [0.1, 0.15) is 11.5 Å². The van der Waals surface area contributed by atoms with Gasteiger partial charge in [-0.25, -0.2) is 4.98 Å². The van der Waals surface area contributed by atoms with Crippen LogP contribution in [-0.4, -0.2) is 25.7 Å². The second kappa shape index (κ2) is 9.74. The normalized spacial score (nSPS) is 11.1. The van der Waals surface area contributed by atoms with E-state index in [1.54, 1.807) is 11.3 Å². The van der Waals surface area contributed by atoms with Gasteiger partial charge in [-0.15, -0.1) is 11.3 Å². The number of nitrogens with one attached hydrogen (secondary N) is 2. The zero-order valence-electron chi connectivity index (χ0n) is 18.0. The fraction of sp³-hybridized carbons (Fsp3) is 0.250. The van der Waals surface area contributed by atoms with Gasteiger partial charge in [0, 0.05) is 18.6 Å². The van der Waals surface area contributed by atoms with Crippen molar-refractivity contribution in [2.24, 2.45) is 0 Å². The Labute approximate surface area is 190 Å². The van der Waals surface area contributed by atoms with Crippen LogP contribution in [-0.2, 0) is 11.2 Å². The Hall–Kier alpha value is -3.52. The van der Waals surface area contributed by atoms with Gasteiger partial charge in [0.25, 0.3) is 5.56 Å². The van der Waals surface area contributed by atoms with E-state index in [2.05, 4.69) is 32.5 Å². The van der Waals surface area contributed by atoms with Gasteiger partial charge < -0.3 is 5.32 Å². The first-order valence-electron chi connectivity index (χ1n) is 10.6. The highest BCUT2D eigenvalue weighted by atomic mass is 32.1. The van der Waals surface area contributed by atoms with Gasteiger partial charge in [0.2, 0.25) is 11.9 Å². The van der Waals surface area contributed by atoms with Crippen molar-refractivity contribution in [1.29, 1.82) is 0 Å². The molecule has 0 atom stereocenters. The van der Waals surface area contributed by atoms with Gasteiger partial charge in [-0.1, -0.05) is 50.2 Å². The van der Waals surface area contributed by atoms with Crippen LogP contribution in [0.4, 0.5) is 5.82 Å². The summed E-state index contributed by atoms with van der Waals surface area (Å²) < 4.78 is 1.50. The lowest BCUT2D eigenvalue weighted by Crippen LogP contribution is -2.19. The summed E-state index contributed by atoms with van der Waals surface area (Å²) in [4.78, 5) is 33.2. The van der Waals surface area contributed by atoms with Gasteiger partial charge in [-0.2, -0.15) is 9.78 Å². The van der Waals surface area contributed by atoms with Crippen molar-refractivity contribution in [3.05, 3.63) is 81.6 Å². The number of aryl methyl sites for hydroxylation is 1. The number of rotatable bonds is 8. The molecule has 0 saturated carbocycles. The second-order valence-electron chi connectivity index (χ2n) is 7.84. The van der Waals surface area contributed by atoms with E-state index >= 15 is 0 Å². The summed E-state index contributed by atoms with van der Waals surface area (Å²) in [6, 6.07) is 17.3. The summed E-state index contributed by atoms with van der Waals surface area (Å²) in [5.41, 5.74) is 2.32. The third-order valence-electron chi connectivity index (χ3n) is 5.00. The molecular formula is C24H25N5O2S. The van der Waals surface area contributed by atoms with Crippen LogP contribution in [0.2, 0.25) is 0 Å². The maximum absolute atomic E-state index is 12.7. The molecule has 8 heteroatoms. The molecule has 4 aromatic rings. The van der Waals surface area contributed by atoms with Crippen molar-refractivity contribution in [1.82, 2.24) is 19.7 Å². The molecule has 7 nitrogen and oxygen atoms in total. The van der Waals surface area contributed by atoms with Crippen LogP contribution >= 0.6 is 11.3 Å². The minimum atomic E-state index is -0.257. The molecule has 164 valence electrons. The number of hydrogen-bond acceptors (Lipinski definition) is 5. The Morgan fingerprint density at radius 3 is 2.69 bits per heavy atom. The number of aromatic amines is 1. The Morgan fingerprint density at radius 1 is 1.16 bits per heavy atom. The number of H-pyrrole nitrogens is 1. The average Bonchev–Trinajstić information content (AvgIpc) is 3.44. The molecule has 32 heavy (non-hydrogen) atoms. The molecular weight excluding hydrogens is 422 g/mol. The fourth-order valence-corrected chi connectivity index (χ4v) is 4.02. The third-order valence-corrected chi connectivity index (χ3v) is 5.90. The lowest BCUT2D eigenvalue weighted by atomic mass is 10.1. The molecule has 3 aromatic heterocycles. The molecule has 1 amide bonds. The first-order chi connectivity index (χ1) is 15.5. The lowest BCUT2D eigenvalue weighted by molar-refractivity contribution is -0.116. The topological polar surface area (TPSA) is 92.7 Å². The van der Waals surface area contributed by atoms with E-state index in [1.165, 1.54) is 16.3 Å². The molecule has 0 unspecified atom stereocenters. The number of aromatic nitrogens is 4. The van der Waals surface area contributed by atoms with Crippen LogP contribution in [0, 0.1) is 0 Å². The third kappa shape index (κ3) is 5.20. The van der Waals surface area contributed by atoms with Crippen molar-refractivity contribution in [3.63, 3.8) is 0 Å². The quantitative estimate of drug-likeness (QED) is 0.407. The predicted octanol–water partition coefficient (Wildman–Crippen LogP) is 4.77. The van der Waals surface area contributed by atoms with Crippen molar-refractivity contribution in [2.45, 2.75) is 39.0 Å². The van der Waals surface area contributed by atoms with Gasteiger partial charge in [-0.05, 0) is 35.8 Å². The summed E-state index contributed by atoms with van der Waals surface area (Å²) in [6.45, 7) is 3.95. The van der Waals surface area contributed by atoms with Gasteiger partial charge in [-0.3, -0.25) is 14.6 Å². The van der Waals surface area contributed by atoms with Crippen LogP contribution in [0.15, 0.2) is 64.8 Å². The zero-order valence-corrected chi connectivity index (χ0v) is 18.9. The number of carbonyl (C=O) groups excluding carboxylic acids is 1. The standard InChI is InChI=1S/C24H25N5O2S/c1-16(2)18-15-23(31)27-24(25-18)29-21(14-19(28-29)20-11-7-13-32-20)26-22(30)12-6-10-17-8-4-3-5-9-17/h3-5,7-9,11,13-16H,6,10,12H2,1-2H3,(H,26,30)(H,25,27,31). The molecule has 0 bridgehead atoms. The summed E-state index contributed by atoms with van der Waals surface area (Å²) in [6.07, 6.45) is 1.95. The number of benzene rings is 1. The van der Waals surface area contributed by atoms with E-state index in [1.807, 2.05) is 55.6 Å². The molecule has 0 saturated heterocycles. The monoisotopic (exact) mass is 447 g/mol. The van der Waals surface area contributed by atoms with Crippen LogP contribution in [0.25, 0.3) is 16.5 Å². The fourth-order valence-electron chi connectivity index (χ4n) is 3.34. The van der Waals surface area contributed by atoms with Crippen LogP contribution < -0.4 is 10.9 Å².